The Morgan fingerprint density at radius 2 is 1.66 bits per heavy atom. The summed E-state index contributed by atoms with van der Waals surface area (Å²) in [5, 5.41) is 2.32. The number of nitrogens with one attached hydrogen (secondary N) is 1. The normalized spacial score (nSPS) is 20.7. The molecular weight excluding hydrogens is 530 g/mol. The van der Waals surface area contributed by atoms with Gasteiger partial charge in [0.25, 0.3) is 0 Å². The molecule has 1 aromatic heterocycles. The molecule has 3 amide bonds. The molecule has 1 N–H and O–H groups in total. The van der Waals surface area contributed by atoms with Gasteiger partial charge in [-0.1, -0.05) is 6.07 Å². The van der Waals surface area contributed by atoms with Crippen LogP contribution in [0.1, 0.15) is 66.0 Å². The van der Waals surface area contributed by atoms with E-state index in [0.717, 1.165) is 5.56 Å². The van der Waals surface area contributed by atoms with Gasteiger partial charge in [-0.05, 0) is 72.1 Å². The highest BCUT2D eigenvalue weighted by molar-refractivity contribution is 6.00. The van der Waals surface area contributed by atoms with E-state index < -0.39 is 41.3 Å². The number of esters is 1. The molecule has 12 heteroatoms. The van der Waals surface area contributed by atoms with Crippen molar-refractivity contribution in [2.75, 3.05) is 26.2 Å². The van der Waals surface area contributed by atoms with Crippen LogP contribution in [-0.2, 0) is 37.3 Å². The maximum atomic E-state index is 13.1. The summed E-state index contributed by atoms with van der Waals surface area (Å²) in [5.41, 5.74) is 0.601. The topological polar surface area (TPSA) is 132 Å². The smallest absolute Gasteiger partial charge is 0.411 e. The van der Waals surface area contributed by atoms with Crippen molar-refractivity contribution in [3.8, 4) is 0 Å². The predicted molar refractivity (Wildman–Crippen MR) is 151 cm³/mol. The van der Waals surface area contributed by atoms with E-state index in [1.807, 2.05) is 18.2 Å². The van der Waals surface area contributed by atoms with E-state index in [9.17, 15) is 24.0 Å². The van der Waals surface area contributed by atoms with Crippen LogP contribution in [0.4, 0.5) is 4.79 Å². The van der Waals surface area contributed by atoms with Gasteiger partial charge in [-0.2, -0.15) is 0 Å². The molecule has 0 saturated carbocycles. The Labute approximate surface area is 239 Å². The summed E-state index contributed by atoms with van der Waals surface area (Å²) in [4.78, 5) is 66.8. The number of imidazole rings is 1. The molecule has 2 unspecified atom stereocenters. The van der Waals surface area contributed by atoms with Crippen LogP contribution >= 0.6 is 0 Å². The second-order valence-electron chi connectivity index (χ2n) is 12.8. The van der Waals surface area contributed by atoms with E-state index >= 15 is 0 Å². The van der Waals surface area contributed by atoms with Gasteiger partial charge in [-0.3, -0.25) is 33.8 Å². The SMILES string of the molecule is Cn1c(=O)n(C2CCC(=O)NC2=O)c2ccc(CCN3CCN(C(=O)OC(C)(C)C)C(C(=O)OC(C)(C)C)C3)cc21. The fraction of sp³-hybridized carbons (Fsp3) is 0.621. The third-order valence-corrected chi connectivity index (χ3v) is 7.16. The van der Waals surface area contributed by atoms with Gasteiger partial charge in [0.2, 0.25) is 11.8 Å². The number of hydrogen-bond donors (Lipinski definition) is 1. The lowest BCUT2D eigenvalue weighted by atomic mass is 10.1. The second-order valence-corrected chi connectivity index (χ2v) is 12.8. The van der Waals surface area contributed by atoms with Crippen molar-refractivity contribution < 1.29 is 28.7 Å². The Morgan fingerprint density at radius 1 is 0.976 bits per heavy atom. The summed E-state index contributed by atoms with van der Waals surface area (Å²) in [6, 6.07) is 4.15. The lowest BCUT2D eigenvalue weighted by molar-refractivity contribution is -0.163. The molecule has 2 saturated heterocycles. The first-order valence-corrected chi connectivity index (χ1v) is 14.0. The molecule has 2 aliphatic heterocycles. The molecule has 4 rings (SSSR count). The highest BCUT2D eigenvalue weighted by Gasteiger charge is 2.40. The molecule has 2 aromatic rings. The second kappa shape index (κ2) is 11.3. The zero-order valence-corrected chi connectivity index (χ0v) is 25.0. The zero-order valence-electron chi connectivity index (χ0n) is 25.0. The van der Waals surface area contributed by atoms with Gasteiger partial charge >= 0.3 is 17.8 Å². The number of carbonyl (C=O) groups is 4. The Morgan fingerprint density at radius 3 is 2.29 bits per heavy atom. The van der Waals surface area contributed by atoms with E-state index in [0.29, 0.717) is 43.6 Å². The molecule has 3 heterocycles. The van der Waals surface area contributed by atoms with Crippen LogP contribution < -0.4 is 11.0 Å². The van der Waals surface area contributed by atoms with Crippen LogP contribution in [0.2, 0.25) is 0 Å². The summed E-state index contributed by atoms with van der Waals surface area (Å²) in [6.45, 7) is 12.5. The number of aryl methyl sites for hydroxylation is 1. The quantitative estimate of drug-likeness (QED) is 0.427. The van der Waals surface area contributed by atoms with Gasteiger partial charge < -0.3 is 9.47 Å². The van der Waals surface area contributed by atoms with Crippen LogP contribution in [0.15, 0.2) is 23.0 Å². The average molecular weight is 572 g/mol. The molecule has 0 radical (unpaired) electrons. The van der Waals surface area contributed by atoms with Crippen molar-refractivity contribution in [3.05, 3.63) is 34.2 Å². The van der Waals surface area contributed by atoms with E-state index in [4.69, 9.17) is 9.47 Å². The number of nitrogens with zero attached hydrogens (tertiary/aromatic N) is 4. The number of imide groups is 1. The molecule has 1 aromatic carbocycles. The molecule has 2 atom stereocenters. The number of rotatable bonds is 5. The lowest BCUT2D eigenvalue weighted by Gasteiger charge is -2.41. The lowest BCUT2D eigenvalue weighted by Crippen LogP contribution is -2.60. The van der Waals surface area contributed by atoms with Crippen molar-refractivity contribution >= 4 is 34.9 Å². The van der Waals surface area contributed by atoms with E-state index in [-0.39, 0.29) is 24.4 Å². The van der Waals surface area contributed by atoms with Gasteiger partial charge in [0.15, 0.2) is 0 Å². The number of amides is 3. The molecular formula is C29H41N5O7. The summed E-state index contributed by atoms with van der Waals surface area (Å²) >= 11 is 0. The number of benzene rings is 1. The maximum absolute atomic E-state index is 13.1. The Bertz CT molecular complexity index is 1410. The van der Waals surface area contributed by atoms with Crippen LogP contribution in [0.25, 0.3) is 11.0 Å². The molecule has 0 spiro atoms. The average Bonchev–Trinajstić information content (AvgIpc) is 3.10. The molecule has 0 bridgehead atoms. The fourth-order valence-electron chi connectivity index (χ4n) is 5.23. The zero-order chi connectivity index (χ0) is 30.3. The van der Waals surface area contributed by atoms with Crippen molar-refractivity contribution in [2.24, 2.45) is 7.05 Å². The largest absolute Gasteiger partial charge is 0.458 e. The van der Waals surface area contributed by atoms with Crippen LogP contribution in [0, 0.1) is 0 Å². The first kappa shape index (κ1) is 30.3. The molecule has 2 aliphatic rings. The fourth-order valence-corrected chi connectivity index (χ4v) is 5.23. The highest BCUT2D eigenvalue weighted by atomic mass is 16.6. The highest BCUT2D eigenvalue weighted by Crippen LogP contribution is 2.25. The summed E-state index contributed by atoms with van der Waals surface area (Å²) in [6.07, 6.45) is 0.559. The standard InChI is InChI=1S/C29H41N5O7/c1-28(2,3)40-25(37)22-17-32(14-15-33(22)27(39)41-29(4,5)6)13-12-18-8-9-19-21(16-18)31(7)26(38)34(19)20-10-11-23(35)30-24(20)36/h8-9,16,20,22H,10-15,17H2,1-7H3,(H,30,35,36). The maximum Gasteiger partial charge on any atom is 0.411 e. The minimum absolute atomic E-state index is 0.183. The van der Waals surface area contributed by atoms with Crippen molar-refractivity contribution in [1.82, 2.24) is 24.3 Å². The van der Waals surface area contributed by atoms with Crippen LogP contribution in [0.5, 0.6) is 0 Å². The van der Waals surface area contributed by atoms with Crippen LogP contribution in [0.3, 0.4) is 0 Å². The number of piperazine rings is 1. The number of fused-ring (bicyclic) bond motifs is 1. The first-order valence-electron chi connectivity index (χ1n) is 14.0. The summed E-state index contributed by atoms with van der Waals surface area (Å²) in [5.74, 6) is -1.27. The van der Waals surface area contributed by atoms with Gasteiger partial charge in [0.05, 0.1) is 11.0 Å². The summed E-state index contributed by atoms with van der Waals surface area (Å²) in [7, 11) is 1.66. The van der Waals surface area contributed by atoms with Gasteiger partial charge in [0, 0.05) is 39.6 Å². The monoisotopic (exact) mass is 571 g/mol. The Kier molecular flexibility index (Phi) is 8.35. The van der Waals surface area contributed by atoms with Crippen molar-refractivity contribution in [2.45, 2.75) is 84.1 Å². The van der Waals surface area contributed by atoms with Gasteiger partial charge in [0.1, 0.15) is 23.3 Å². The van der Waals surface area contributed by atoms with Gasteiger partial charge in [-0.15, -0.1) is 0 Å². The number of piperidine rings is 1. The summed E-state index contributed by atoms with van der Waals surface area (Å²) < 4.78 is 14.2. The van der Waals surface area contributed by atoms with Crippen LogP contribution in [-0.4, -0.2) is 86.2 Å². The van der Waals surface area contributed by atoms with Gasteiger partial charge in [-0.25, -0.2) is 14.4 Å². The molecule has 2 fully saturated rings. The number of aromatic nitrogens is 2. The number of carbonyl (C=O) groups excluding carboxylic acids is 4. The minimum Gasteiger partial charge on any atom is -0.458 e. The number of hydrogen-bond acceptors (Lipinski definition) is 8. The predicted octanol–water partition coefficient (Wildman–Crippen LogP) is 2.12. The third-order valence-electron chi connectivity index (χ3n) is 7.16. The molecule has 224 valence electrons. The number of ether oxygens (including phenoxy) is 2. The van der Waals surface area contributed by atoms with E-state index in [1.54, 1.807) is 48.6 Å². The third kappa shape index (κ3) is 6.98. The first-order chi connectivity index (χ1) is 19.0. The van der Waals surface area contributed by atoms with E-state index in [2.05, 4.69) is 10.2 Å². The molecule has 41 heavy (non-hydrogen) atoms. The molecule has 12 nitrogen and oxygen atoms in total. The Hall–Kier alpha value is -3.67. The van der Waals surface area contributed by atoms with Crippen molar-refractivity contribution in [3.63, 3.8) is 0 Å². The van der Waals surface area contributed by atoms with Crippen molar-refractivity contribution in [1.29, 1.82) is 0 Å². The Balaban J connectivity index is 1.49. The van der Waals surface area contributed by atoms with E-state index in [1.165, 1.54) is 14.0 Å². The minimum atomic E-state index is -0.802. The molecule has 0 aliphatic carbocycles.